The van der Waals surface area contributed by atoms with Crippen molar-refractivity contribution in [3.8, 4) is 0 Å². The van der Waals surface area contributed by atoms with Gasteiger partial charge in [-0.25, -0.2) is 0 Å². The molecule has 0 spiro atoms. The summed E-state index contributed by atoms with van der Waals surface area (Å²) < 4.78 is 5.44. The molecule has 3 aromatic rings. The molecule has 0 saturated heterocycles. The first-order valence-electron chi connectivity index (χ1n) is 9.83. The van der Waals surface area contributed by atoms with Gasteiger partial charge in [-0.3, -0.25) is 25.0 Å². The van der Waals surface area contributed by atoms with Crippen molar-refractivity contribution in [2.24, 2.45) is 0 Å². The molecule has 1 atom stereocenters. The van der Waals surface area contributed by atoms with Gasteiger partial charge in [-0.1, -0.05) is 42.5 Å². The van der Waals surface area contributed by atoms with Gasteiger partial charge in [-0.05, 0) is 35.2 Å². The molecule has 164 valence electrons. The summed E-state index contributed by atoms with van der Waals surface area (Å²) in [5.41, 5.74) is 2.33. The molecule has 0 aromatic heterocycles. The highest BCUT2D eigenvalue weighted by Gasteiger charge is 2.20. The minimum absolute atomic E-state index is 0.00269. The monoisotopic (exact) mass is 435 g/mol. The van der Waals surface area contributed by atoms with Crippen molar-refractivity contribution in [2.75, 3.05) is 0 Å². The summed E-state index contributed by atoms with van der Waals surface area (Å²) in [6.45, 7) is 0.309. The molecule has 32 heavy (non-hydrogen) atoms. The number of nitro groups is 2. The largest absolute Gasteiger partial charge is 0.460 e. The van der Waals surface area contributed by atoms with E-state index in [4.69, 9.17) is 4.74 Å². The first-order chi connectivity index (χ1) is 15.4. The third-order valence-corrected chi connectivity index (χ3v) is 4.80. The normalized spacial score (nSPS) is 11.5. The SMILES string of the molecule is O=C(OCc1ccc([N+](=O)[O-])cc1)[C@H](Cc1ccccc1)NCc1ccc([N+](=O)[O-])cc1. The van der Waals surface area contributed by atoms with Crippen LogP contribution in [0.5, 0.6) is 0 Å². The third-order valence-electron chi connectivity index (χ3n) is 4.80. The van der Waals surface area contributed by atoms with Gasteiger partial charge in [0.15, 0.2) is 0 Å². The highest BCUT2D eigenvalue weighted by molar-refractivity contribution is 5.76. The lowest BCUT2D eigenvalue weighted by Crippen LogP contribution is -2.39. The molecule has 0 aliphatic rings. The maximum atomic E-state index is 12.8. The molecule has 9 heteroatoms. The molecular formula is C23H21N3O6. The van der Waals surface area contributed by atoms with Crippen LogP contribution in [0.25, 0.3) is 0 Å². The Balaban J connectivity index is 1.65. The maximum absolute atomic E-state index is 12.8. The molecule has 0 amide bonds. The molecule has 0 bridgehead atoms. The topological polar surface area (TPSA) is 125 Å². The second kappa shape index (κ2) is 10.8. The highest BCUT2D eigenvalue weighted by Crippen LogP contribution is 2.15. The number of rotatable bonds is 10. The summed E-state index contributed by atoms with van der Waals surface area (Å²) in [5.74, 6) is -0.464. The van der Waals surface area contributed by atoms with Crippen molar-refractivity contribution < 1.29 is 19.4 Å². The molecule has 0 saturated carbocycles. The van der Waals surface area contributed by atoms with Gasteiger partial charge in [-0.2, -0.15) is 0 Å². The molecule has 3 aromatic carbocycles. The fraction of sp³-hybridized carbons (Fsp3) is 0.174. The smallest absolute Gasteiger partial charge is 0.323 e. The molecule has 0 heterocycles. The van der Waals surface area contributed by atoms with E-state index >= 15 is 0 Å². The van der Waals surface area contributed by atoms with E-state index < -0.39 is 21.9 Å². The molecule has 0 radical (unpaired) electrons. The molecule has 0 fully saturated rings. The van der Waals surface area contributed by atoms with Crippen LogP contribution in [0.4, 0.5) is 11.4 Å². The van der Waals surface area contributed by atoms with E-state index in [0.717, 1.165) is 11.1 Å². The second-order valence-electron chi connectivity index (χ2n) is 7.08. The van der Waals surface area contributed by atoms with Crippen LogP contribution in [0.1, 0.15) is 16.7 Å². The average molecular weight is 435 g/mol. The third kappa shape index (κ3) is 6.44. The van der Waals surface area contributed by atoms with Gasteiger partial charge in [0.05, 0.1) is 9.85 Å². The lowest BCUT2D eigenvalue weighted by Gasteiger charge is -2.18. The van der Waals surface area contributed by atoms with Crippen LogP contribution < -0.4 is 5.32 Å². The Hall–Kier alpha value is -4.11. The first kappa shape index (κ1) is 22.6. The molecule has 0 aliphatic carbocycles. The predicted molar refractivity (Wildman–Crippen MR) is 117 cm³/mol. The summed E-state index contributed by atoms with van der Waals surface area (Å²) in [5, 5.41) is 24.7. The number of esters is 1. The molecular weight excluding hydrogens is 414 g/mol. The Morgan fingerprint density at radius 3 is 1.84 bits per heavy atom. The van der Waals surface area contributed by atoms with E-state index in [1.54, 1.807) is 24.3 Å². The van der Waals surface area contributed by atoms with E-state index in [1.807, 2.05) is 30.3 Å². The zero-order chi connectivity index (χ0) is 22.9. The van der Waals surface area contributed by atoms with Crippen LogP contribution >= 0.6 is 0 Å². The molecule has 0 unspecified atom stereocenters. The van der Waals surface area contributed by atoms with Gasteiger partial charge in [-0.15, -0.1) is 0 Å². The Labute approximate surface area is 184 Å². The second-order valence-corrected chi connectivity index (χ2v) is 7.08. The lowest BCUT2D eigenvalue weighted by molar-refractivity contribution is -0.385. The van der Waals surface area contributed by atoms with Gasteiger partial charge < -0.3 is 10.1 Å². The molecule has 9 nitrogen and oxygen atoms in total. The van der Waals surface area contributed by atoms with Crippen molar-refractivity contribution in [2.45, 2.75) is 25.6 Å². The van der Waals surface area contributed by atoms with E-state index in [0.29, 0.717) is 18.5 Å². The predicted octanol–water partition coefficient (Wildman–Crippen LogP) is 3.95. The number of non-ortho nitro benzene ring substituents is 2. The van der Waals surface area contributed by atoms with Gasteiger partial charge in [0.2, 0.25) is 0 Å². The number of nitrogens with one attached hydrogen (secondary N) is 1. The van der Waals surface area contributed by atoms with Gasteiger partial charge in [0, 0.05) is 30.8 Å². The lowest BCUT2D eigenvalue weighted by atomic mass is 10.1. The van der Waals surface area contributed by atoms with Crippen LogP contribution in [0.2, 0.25) is 0 Å². The number of benzene rings is 3. The zero-order valence-corrected chi connectivity index (χ0v) is 17.0. The number of nitrogens with zero attached hydrogens (tertiary/aromatic N) is 2. The minimum atomic E-state index is -0.648. The molecule has 1 N–H and O–H groups in total. The number of hydrogen-bond acceptors (Lipinski definition) is 7. The summed E-state index contributed by atoms with van der Waals surface area (Å²) in [4.78, 5) is 33.4. The number of carbonyl (C=O) groups excluding carboxylic acids is 1. The summed E-state index contributed by atoms with van der Waals surface area (Å²) in [7, 11) is 0. The van der Waals surface area contributed by atoms with Gasteiger partial charge >= 0.3 is 5.97 Å². The van der Waals surface area contributed by atoms with Crippen LogP contribution in [0.15, 0.2) is 78.9 Å². The van der Waals surface area contributed by atoms with Crippen LogP contribution in [-0.4, -0.2) is 21.9 Å². The van der Waals surface area contributed by atoms with Crippen molar-refractivity contribution in [1.82, 2.24) is 5.32 Å². The fourth-order valence-corrected chi connectivity index (χ4v) is 3.03. The maximum Gasteiger partial charge on any atom is 0.323 e. The average Bonchev–Trinajstić information content (AvgIpc) is 2.81. The minimum Gasteiger partial charge on any atom is -0.460 e. The standard InChI is InChI=1S/C23H21N3O6/c27-23(32-16-19-8-12-21(13-9-19)26(30)31)22(14-17-4-2-1-3-5-17)24-15-18-6-10-20(11-7-18)25(28)29/h1-13,22,24H,14-16H2/t22-/m0/s1. The number of ether oxygens (including phenoxy) is 1. The van der Waals surface area contributed by atoms with Crippen molar-refractivity contribution >= 4 is 17.3 Å². The summed E-state index contributed by atoms with van der Waals surface area (Å²) in [6.07, 6.45) is 0.396. The van der Waals surface area contributed by atoms with Gasteiger partial charge in [0.25, 0.3) is 11.4 Å². The highest BCUT2D eigenvalue weighted by atomic mass is 16.6. The first-order valence-corrected chi connectivity index (χ1v) is 9.83. The van der Waals surface area contributed by atoms with Crippen molar-refractivity contribution in [3.05, 3.63) is 116 Å². The fourth-order valence-electron chi connectivity index (χ4n) is 3.03. The van der Waals surface area contributed by atoms with Crippen molar-refractivity contribution in [1.29, 1.82) is 0 Å². The Morgan fingerprint density at radius 2 is 1.31 bits per heavy atom. The molecule has 0 aliphatic heterocycles. The number of hydrogen-bond donors (Lipinski definition) is 1. The summed E-state index contributed by atoms with van der Waals surface area (Å²) in [6, 6.07) is 20.7. The Morgan fingerprint density at radius 1 is 0.781 bits per heavy atom. The molecule has 3 rings (SSSR count). The van der Waals surface area contributed by atoms with Crippen LogP contribution in [0.3, 0.4) is 0 Å². The van der Waals surface area contributed by atoms with Gasteiger partial charge in [0.1, 0.15) is 12.6 Å². The number of carbonyl (C=O) groups is 1. The Bertz CT molecular complexity index is 1070. The number of nitro benzene ring substituents is 2. The van der Waals surface area contributed by atoms with Crippen molar-refractivity contribution in [3.63, 3.8) is 0 Å². The van der Waals surface area contributed by atoms with E-state index in [1.165, 1.54) is 24.3 Å². The van der Waals surface area contributed by atoms with Crippen LogP contribution in [0, 0.1) is 20.2 Å². The Kier molecular flexibility index (Phi) is 7.60. The quantitative estimate of drug-likeness (QED) is 0.290. The zero-order valence-electron chi connectivity index (χ0n) is 17.0. The van der Waals surface area contributed by atoms with E-state index in [-0.39, 0.29) is 18.0 Å². The summed E-state index contributed by atoms with van der Waals surface area (Å²) >= 11 is 0. The van der Waals surface area contributed by atoms with E-state index in [9.17, 15) is 25.0 Å². The van der Waals surface area contributed by atoms with E-state index in [2.05, 4.69) is 5.32 Å². The van der Waals surface area contributed by atoms with Crippen LogP contribution in [-0.2, 0) is 29.1 Å².